The fraction of sp³-hybridized carbons (Fsp3) is 0.176. The van der Waals surface area contributed by atoms with E-state index in [-0.39, 0.29) is 6.61 Å². The Kier molecular flexibility index (Phi) is 6.17. The zero-order chi connectivity index (χ0) is 16.7. The van der Waals surface area contributed by atoms with Gasteiger partial charge in [-0.25, -0.2) is 4.79 Å². The molecule has 0 aliphatic rings. The molecule has 0 bridgehead atoms. The molecule has 23 heavy (non-hydrogen) atoms. The summed E-state index contributed by atoms with van der Waals surface area (Å²) < 4.78 is 11.2. The third-order valence-corrected chi connectivity index (χ3v) is 3.39. The smallest absolute Gasteiger partial charge is 0.338 e. The molecule has 5 nitrogen and oxygen atoms in total. The number of nitrogens with one attached hydrogen (secondary N) is 1. The molecule has 6 heteroatoms. The van der Waals surface area contributed by atoms with Crippen LogP contribution in [0.25, 0.3) is 0 Å². The Labute approximate surface area is 142 Å². The monoisotopic (exact) mass is 377 g/mol. The summed E-state index contributed by atoms with van der Waals surface area (Å²) in [4.78, 5) is 23.6. The van der Waals surface area contributed by atoms with Crippen LogP contribution in [-0.4, -0.2) is 25.1 Å². The molecule has 0 saturated heterocycles. The van der Waals surface area contributed by atoms with Crippen molar-refractivity contribution in [1.29, 1.82) is 0 Å². The lowest BCUT2D eigenvalue weighted by Gasteiger charge is -2.08. The lowest BCUT2D eigenvalue weighted by Crippen LogP contribution is -2.20. The van der Waals surface area contributed by atoms with Gasteiger partial charge in [0.1, 0.15) is 5.75 Å². The van der Waals surface area contributed by atoms with E-state index in [9.17, 15) is 9.59 Å². The van der Waals surface area contributed by atoms with E-state index < -0.39 is 11.9 Å². The summed E-state index contributed by atoms with van der Waals surface area (Å²) in [6.45, 7) is 2.13. The van der Waals surface area contributed by atoms with Crippen LogP contribution in [0.4, 0.5) is 5.69 Å². The lowest BCUT2D eigenvalue weighted by molar-refractivity contribution is -0.119. The minimum absolute atomic E-state index is 0.345. The van der Waals surface area contributed by atoms with Gasteiger partial charge in [0.25, 0.3) is 5.91 Å². The van der Waals surface area contributed by atoms with Crippen molar-refractivity contribution < 1.29 is 19.1 Å². The van der Waals surface area contributed by atoms with Gasteiger partial charge >= 0.3 is 5.97 Å². The Bertz CT molecular complexity index is 668. The highest BCUT2D eigenvalue weighted by atomic mass is 79.9. The SMILES string of the molecule is CCOc1ccc(NC(=O)COC(=O)c2ccc(Br)cc2)cc1. The third-order valence-electron chi connectivity index (χ3n) is 2.86. The van der Waals surface area contributed by atoms with Gasteiger partial charge in [0.2, 0.25) is 0 Å². The van der Waals surface area contributed by atoms with Gasteiger partial charge in [-0.05, 0) is 55.5 Å². The van der Waals surface area contributed by atoms with Crippen LogP contribution in [0.5, 0.6) is 5.75 Å². The molecule has 0 heterocycles. The van der Waals surface area contributed by atoms with Gasteiger partial charge < -0.3 is 14.8 Å². The highest BCUT2D eigenvalue weighted by Crippen LogP contribution is 2.15. The zero-order valence-corrected chi connectivity index (χ0v) is 14.1. The van der Waals surface area contributed by atoms with Crippen molar-refractivity contribution in [2.45, 2.75) is 6.92 Å². The first-order valence-corrected chi connectivity index (χ1v) is 7.83. The third kappa shape index (κ3) is 5.41. The fourth-order valence-corrected chi connectivity index (χ4v) is 2.06. The summed E-state index contributed by atoms with van der Waals surface area (Å²) >= 11 is 3.28. The Morgan fingerprint density at radius 3 is 2.30 bits per heavy atom. The van der Waals surface area contributed by atoms with Crippen LogP contribution >= 0.6 is 15.9 Å². The molecule has 0 aliphatic carbocycles. The summed E-state index contributed by atoms with van der Waals surface area (Å²) in [6.07, 6.45) is 0. The quantitative estimate of drug-likeness (QED) is 0.780. The van der Waals surface area contributed by atoms with Crippen LogP contribution in [0.15, 0.2) is 53.0 Å². The Morgan fingerprint density at radius 1 is 1.04 bits per heavy atom. The maximum atomic E-state index is 11.8. The number of hydrogen-bond donors (Lipinski definition) is 1. The average Bonchev–Trinajstić information content (AvgIpc) is 2.55. The minimum atomic E-state index is -0.542. The number of anilines is 1. The molecule has 1 N–H and O–H groups in total. The molecule has 2 aromatic rings. The number of benzene rings is 2. The van der Waals surface area contributed by atoms with Crippen molar-refractivity contribution in [2.75, 3.05) is 18.5 Å². The number of carbonyl (C=O) groups excluding carboxylic acids is 2. The van der Waals surface area contributed by atoms with Crippen LogP contribution < -0.4 is 10.1 Å². The van der Waals surface area contributed by atoms with Gasteiger partial charge in [-0.1, -0.05) is 15.9 Å². The van der Waals surface area contributed by atoms with E-state index in [1.807, 2.05) is 6.92 Å². The van der Waals surface area contributed by atoms with Crippen LogP contribution in [0.3, 0.4) is 0 Å². The van der Waals surface area contributed by atoms with Gasteiger partial charge in [0.15, 0.2) is 6.61 Å². The topological polar surface area (TPSA) is 64.6 Å². The largest absolute Gasteiger partial charge is 0.494 e. The van der Waals surface area contributed by atoms with E-state index in [0.29, 0.717) is 17.9 Å². The molecule has 120 valence electrons. The molecule has 0 spiro atoms. The molecular weight excluding hydrogens is 362 g/mol. The lowest BCUT2D eigenvalue weighted by atomic mass is 10.2. The van der Waals surface area contributed by atoms with Crippen molar-refractivity contribution in [1.82, 2.24) is 0 Å². The number of rotatable bonds is 6. The summed E-state index contributed by atoms with van der Waals surface area (Å²) in [5, 5.41) is 2.65. The second-order valence-corrected chi connectivity index (χ2v) is 5.50. The Morgan fingerprint density at radius 2 is 1.70 bits per heavy atom. The van der Waals surface area contributed by atoms with Gasteiger partial charge in [0, 0.05) is 10.2 Å². The number of esters is 1. The van der Waals surface area contributed by atoms with Gasteiger partial charge in [-0.2, -0.15) is 0 Å². The maximum Gasteiger partial charge on any atom is 0.338 e. The van der Waals surface area contributed by atoms with Crippen LogP contribution in [0.1, 0.15) is 17.3 Å². The van der Waals surface area contributed by atoms with Crippen molar-refractivity contribution in [3.63, 3.8) is 0 Å². The van der Waals surface area contributed by atoms with Crippen molar-refractivity contribution >= 4 is 33.5 Å². The second-order valence-electron chi connectivity index (χ2n) is 4.59. The summed E-state index contributed by atoms with van der Waals surface area (Å²) in [7, 11) is 0. The predicted octanol–water partition coefficient (Wildman–Crippen LogP) is 3.64. The molecule has 0 radical (unpaired) electrons. The number of ether oxygens (including phenoxy) is 2. The fourth-order valence-electron chi connectivity index (χ4n) is 1.80. The number of halogens is 1. The number of hydrogen-bond acceptors (Lipinski definition) is 4. The molecule has 0 aromatic heterocycles. The first-order chi connectivity index (χ1) is 11.1. The zero-order valence-electron chi connectivity index (χ0n) is 12.5. The first kappa shape index (κ1) is 17.0. The standard InChI is InChI=1S/C17H16BrNO4/c1-2-22-15-9-7-14(8-10-15)19-16(20)11-23-17(21)12-3-5-13(18)6-4-12/h3-10H,2,11H2,1H3,(H,19,20). The van der Waals surface area contributed by atoms with Crippen LogP contribution in [0.2, 0.25) is 0 Å². The average molecular weight is 378 g/mol. The van der Waals surface area contributed by atoms with E-state index in [2.05, 4.69) is 21.2 Å². The molecule has 0 atom stereocenters. The number of amides is 1. The minimum Gasteiger partial charge on any atom is -0.494 e. The maximum absolute atomic E-state index is 11.8. The predicted molar refractivity (Wildman–Crippen MR) is 90.7 cm³/mol. The Hall–Kier alpha value is -2.34. The molecular formula is C17H16BrNO4. The van der Waals surface area contributed by atoms with Gasteiger partial charge in [-0.3, -0.25) is 4.79 Å². The molecule has 2 rings (SSSR count). The summed E-state index contributed by atoms with van der Waals surface area (Å²) in [5.74, 6) is -0.217. The van der Waals surface area contributed by atoms with E-state index >= 15 is 0 Å². The normalized spacial score (nSPS) is 10.0. The van der Waals surface area contributed by atoms with Gasteiger partial charge in [-0.15, -0.1) is 0 Å². The van der Waals surface area contributed by atoms with E-state index in [1.165, 1.54) is 0 Å². The second kappa shape index (κ2) is 8.33. The summed E-state index contributed by atoms with van der Waals surface area (Å²) in [6, 6.07) is 13.7. The molecule has 0 fully saturated rings. The number of carbonyl (C=O) groups is 2. The highest BCUT2D eigenvalue weighted by Gasteiger charge is 2.10. The molecule has 0 aliphatic heterocycles. The first-order valence-electron chi connectivity index (χ1n) is 7.04. The van der Waals surface area contributed by atoms with Crippen LogP contribution in [0, 0.1) is 0 Å². The van der Waals surface area contributed by atoms with E-state index in [4.69, 9.17) is 9.47 Å². The Balaban J connectivity index is 1.82. The summed E-state index contributed by atoms with van der Waals surface area (Å²) in [5.41, 5.74) is 1.00. The van der Waals surface area contributed by atoms with E-state index in [0.717, 1.165) is 10.2 Å². The van der Waals surface area contributed by atoms with Crippen molar-refractivity contribution in [2.24, 2.45) is 0 Å². The highest BCUT2D eigenvalue weighted by molar-refractivity contribution is 9.10. The molecule has 1 amide bonds. The van der Waals surface area contributed by atoms with Crippen molar-refractivity contribution in [3.05, 3.63) is 58.6 Å². The van der Waals surface area contributed by atoms with E-state index in [1.54, 1.807) is 48.5 Å². The van der Waals surface area contributed by atoms with Crippen LogP contribution in [-0.2, 0) is 9.53 Å². The molecule has 2 aromatic carbocycles. The van der Waals surface area contributed by atoms with Crippen molar-refractivity contribution in [3.8, 4) is 5.75 Å². The molecule has 0 unspecified atom stereocenters. The molecule has 0 saturated carbocycles. The van der Waals surface area contributed by atoms with Gasteiger partial charge in [0.05, 0.1) is 12.2 Å².